The van der Waals surface area contributed by atoms with Gasteiger partial charge in [-0.15, -0.1) is 11.3 Å². The molecule has 8 nitrogen and oxygen atoms in total. The molecule has 9 heteroatoms. The molecular weight excluding hydrogens is 390 g/mol. The Morgan fingerprint density at radius 2 is 2.24 bits per heavy atom. The summed E-state index contributed by atoms with van der Waals surface area (Å²) in [6.45, 7) is 1.82. The van der Waals surface area contributed by atoms with Crippen LogP contribution in [0.2, 0.25) is 0 Å². The number of ether oxygens (including phenoxy) is 1. The van der Waals surface area contributed by atoms with Crippen molar-refractivity contribution in [3.63, 3.8) is 0 Å². The fraction of sp³-hybridized carbons (Fsp3) is 0.300. The highest BCUT2D eigenvalue weighted by molar-refractivity contribution is 7.19. The predicted octanol–water partition coefficient (Wildman–Crippen LogP) is 3.90. The van der Waals surface area contributed by atoms with Crippen LogP contribution in [0.1, 0.15) is 23.8 Å². The Morgan fingerprint density at radius 1 is 1.38 bits per heavy atom. The number of nitrogens with zero attached hydrogens (tertiary/aromatic N) is 3. The summed E-state index contributed by atoms with van der Waals surface area (Å²) < 4.78 is 5.54. The van der Waals surface area contributed by atoms with Crippen LogP contribution in [0.5, 0.6) is 5.75 Å². The van der Waals surface area contributed by atoms with Gasteiger partial charge in [0, 0.05) is 16.3 Å². The van der Waals surface area contributed by atoms with Crippen molar-refractivity contribution in [3.05, 3.63) is 35.1 Å². The molecule has 0 fully saturated rings. The van der Waals surface area contributed by atoms with E-state index < -0.39 is 11.4 Å². The molecule has 0 radical (unpaired) electrons. The van der Waals surface area contributed by atoms with Crippen LogP contribution in [0.3, 0.4) is 0 Å². The molecule has 0 saturated carbocycles. The Balaban J connectivity index is 1.60. The van der Waals surface area contributed by atoms with Gasteiger partial charge in [-0.1, -0.05) is 0 Å². The molecule has 1 atom stereocenters. The second kappa shape index (κ2) is 6.41. The molecule has 148 valence electrons. The second-order valence-corrected chi connectivity index (χ2v) is 8.67. The number of carboxylic acids is 1. The summed E-state index contributed by atoms with van der Waals surface area (Å²) >= 11 is 1.56. The van der Waals surface area contributed by atoms with Crippen LogP contribution in [-0.4, -0.2) is 38.4 Å². The molecule has 0 unspecified atom stereocenters. The zero-order chi connectivity index (χ0) is 20.2. The van der Waals surface area contributed by atoms with Crippen molar-refractivity contribution in [2.75, 3.05) is 12.4 Å². The van der Waals surface area contributed by atoms with Gasteiger partial charge in [0.25, 0.3) is 0 Å². The van der Waals surface area contributed by atoms with Crippen LogP contribution in [0.25, 0.3) is 21.1 Å². The number of carbonyl (C=O) groups is 1. The van der Waals surface area contributed by atoms with Gasteiger partial charge in [-0.25, -0.2) is 9.97 Å². The van der Waals surface area contributed by atoms with Gasteiger partial charge in [-0.3, -0.25) is 9.89 Å². The molecular formula is C20H19N5O3S. The zero-order valence-electron chi connectivity index (χ0n) is 15.9. The predicted molar refractivity (Wildman–Crippen MR) is 111 cm³/mol. The second-order valence-electron chi connectivity index (χ2n) is 7.58. The third-order valence-electron chi connectivity index (χ3n) is 5.68. The number of H-pyrrole nitrogens is 1. The average Bonchev–Trinajstić information content (AvgIpc) is 3.30. The van der Waals surface area contributed by atoms with E-state index in [0.29, 0.717) is 30.8 Å². The smallest absolute Gasteiger partial charge is 0.309 e. The Labute approximate surface area is 169 Å². The lowest BCUT2D eigenvalue weighted by atomic mass is 9.75. The van der Waals surface area contributed by atoms with Gasteiger partial charge in [0.05, 0.1) is 35.3 Å². The van der Waals surface area contributed by atoms with Crippen LogP contribution in [0.4, 0.5) is 11.5 Å². The van der Waals surface area contributed by atoms with E-state index in [0.717, 1.165) is 37.2 Å². The Bertz CT molecular complexity index is 1260. The molecule has 1 aliphatic rings. The van der Waals surface area contributed by atoms with Crippen molar-refractivity contribution < 1.29 is 14.6 Å². The minimum atomic E-state index is -0.747. The van der Waals surface area contributed by atoms with E-state index in [9.17, 15) is 9.90 Å². The Kier molecular flexibility index (Phi) is 3.95. The number of nitrogens with one attached hydrogen (secondary N) is 2. The quantitative estimate of drug-likeness (QED) is 0.468. The lowest BCUT2D eigenvalue weighted by molar-refractivity contribution is -0.148. The number of anilines is 2. The van der Waals surface area contributed by atoms with Gasteiger partial charge < -0.3 is 15.2 Å². The minimum absolute atomic E-state index is 0.516. The van der Waals surface area contributed by atoms with E-state index in [1.807, 2.05) is 19.1 Å². The van der Waals surface area contributed by atoms with Crippen LogP contribution in [0, 0.1) is 5.41 Å². The number of benzene rings is 1. The molecule has 1 aliphatic carbocycles. The molecule has 3 aromatic heterocycles. The molecule has 0 aliphatic heterocycles. The van der Waals surface area contributed by atoms with Crippen molar-refractivity contribution in [1.29, 1.82) is 0 Å². The number of aromatic amines is 1. The molecule has 1 aromatic carbocycles. The molecule has 0 amide bonds. The summed E-state index contributed by atoms with van der Waals surface area (Å²) in [6, 6.07) is 3.86. The van der Waals surface area contributed by atoms with E-state index in [-0.39, 0.29) is 0 Å². The van der Waals surface area contributed by atoms with Gasteiger partial charge in [0.15, 0.2) is 0 Å². The number of aryl methyl sites for hydroxylation is 1. The molecule has 4 aromatic rings. The fourth-order valence-electron chi connectivity index (χ4n) is 3.93. The number of hydrogen-bond donors (Lipinski definition) is 3. The molecule has 0 saturated heterocycles. The number of methoxy groups -OCH3 is 1. The third kappa shape index (κ3) is 2.80. The first-order valence-corrected chi connectivity index (χ1v) is 10.1. The highest BCUT2D eigenvalue weighted by Gasteiger charge is 2.39. The number of aliphatic carboxylic acids is 1. The summed E-state index contributed by atoms with van der Waals surface area (Å²) in [6.07, 6.45) is 5.10. The first-order valence-electron chi connectivity index (χ1n) is 9.25. The van der Waals surface area contributed by atoms with Crippen molar-refractivity contribution in [1.82, 2.24) is 20.2 Å². The van der Waals surface area contributed by atoms with E-state index in [2.05, 4.69) is 25.5 Å². The molecule has 0 bridgehead atoms. The van der Waals surface area contributed by atoms with Crippen molar-refractivity contribution >= 4 is 49.9 Å². The van der Waals surface area contributed by atoms with Crippen LogP contribution in [-0.2, 0) is 17.6 Å². The van der Waals surface area contributed by atoms with Gasteiger partial charge in [0.1, 0.15) is 22.7 Å². The lowest BCUT2D eigenvalue weighted by Gasteiger charge is -2.29. The SMILES string of the molecule is COc1cc2[nH]ncc2cc1Nc1ncnc2sc3c(c12)CC[C@@](C)(C(=O)O)C3. The Morgan fingerprint density at radius 3 is 3.03 bits per heavy atom. The number of thiophene rings is 1. The number of aromatic nitrogens is 4. The fourth-order valence-corrected chi connectivity index (χ4v) is 5.30. The molecule has 3 heterocycles. The van der Waals surface area contributed by atoms with Crippen LogP contribution < -0.4 is 10.1 Å². The van der Waals surface area contributed by atoms with Gasteiger partial charge in [-0.05, 0) is 37.8 Å². The Hall–Kier alpha value is -3.20. The van der Waals surface area contributed by atoms with Gasteiger partial charge >= 0.3 is 5.97 Å². The van der Waals surface area contributed by atoms with E-state index in [1.54, 1.807) is 24.6 Å². The van der Waals surface area contributed by atoms with Crippen LogP contribution >= 0.6 is 11.3 Å². The van der Waals surface area contributed by atoms with Crippen molar-refractivity contribution in [2.24, 2.45) is 5.41 Å². The first kappa shape index (κ1) is 17.9. The normalized spacial score (nSPS) is 18.7. The number of carboxylic acid groups (broad SMARTS) is 1. The molecule has 0 spiro atoms. The molecule has 5 rings (SSSR count). The number of fused-ring (bicyclic) bond motifs is 4. The summed E-state index contributed by atoms with van der Waals surface area (Å²) in [7, 11) is 1.62. The topological polar surface area (TPSA) is 113 Å². The zero-order valence-corrected chi connectivity index (χ0v) is 16.8. The maximum atomic E-state index is 11.7. The number of rotatable bonds is 4. The number of hydrogen-bond acceptors (Lipinski definition) is 7. The average molecular weight is 409 g/mol. The maximum absolute atomic E-state index is 11.7. The van der Waals surface area contributed by atoms with Crippen LogP contribution in [0.15, 0.2) is 24.7 Å². The largest absolute Gasteiger partial charge is 0.494 e. The van der Waals surface area contributed by atoms with Crippen molar-refractivity contribution in [2.45, 2.75) is 26.2 Å². The van der Waals surface area contributed by atoms with Crippen molar-refractivity contribution in [3.8, 4) is 5.75 Å². The first-order chi connectivity index (χ1) is 14.0. The summed E-state index contributed by atoms with van der Waals surface area (Å²) in [5.41, 5.74) is 2.09. The standard InChI is InChI=1S/C20H19N5O3S/c1-20(19(26)27)4-3-11-15(7-20)29-18-16(11)17(21-9-22-18)24-13-5-10-8-23-25-12(10)6-14(13)28-2/h5-6,8-9H,3-4,7H2,1-2H3,(H,23,25)(H,26,27)(H,21,22,24)/t20-/m1/s1. The molecule has 29 heavy (non-hydrogen) atoms. The maximum Gasteiger partial charge on any atom is 0.309 e. The summed E-state index contributed by atoms with van der Waals surface area (Å²) in [4.78, 5) is 22.6. The lowest BCUT2D eigenvalue weighted by Crippen LogP contribution is -2.33. The summed E-state index contributed by atoms with van der Waals surface area (Å²) in [5.74, 6) is 0.631. The third-order valence-corrected chi connectivity index (χ3v) is 6.82. The van der Waals surface area contributed by atoms with E-state index in [4.69, 9.17) is 4.74 Å². The highest BCUT2D eigenvalue weighted by atomic mass is 32.1. The van der Waals surface area contributed by atoms with Gasteiger partial charge in [0.2, 0.25) is 0 Å². The highest BCUT2D eigenvalue weighted by Crippen LogP contribution is 2.45. The van der Waals surface area contributed by atoms with Gasteiger partial charge in [-0.2, -0.15) is 5.10 Å². The minimum Gasteiger partial charge on any atom is -0.494 e. The summed E-state index contributed by atoms with van der Waals surface area (Å²) in [5, 5.41) is 22.0. The van der Waals surface area contributed by atoms with E-state index >= 15 is 0 Å². The monoisotopic (exact) mass is 409 g/mol. The van der Waals surface area contributed by atoms with E-state index in [1.165, 1.54) is 6.33 Å². The molecule has 3 N–H and O–H groups in total.